The summed E-state index contributed by atoms with van der Waals surface area (Å²) in [5.74, 6) is -0.920. The van der Waals surface area contributed by atoms with Crippen LogP contribution < -0.4 is 10.6 Å². The van der Waals surface area contributed by atoms with Crippen molar-refractivity contribution in [2.24, 2.45) is 5.92 Å². The van der Waals surface area contributed by atoms with Crippen LogP contribution in [0.3, 0.4) is 0 Å². The molecule has 0 bridgehead atoms. The third-order valence-electron chi connectivity index (χ3n) is 4.80. The largest absolute Gasteiger partial charge is 0.508 e. The highest BCUT2D eigenvalue weighted by Gasteiger charge is 2.48. The Morgan fingerprint density at radius 1 is 0.967 bits per heavy atom. The van der Waals surface area contributed by atoms with Gasteiger partial charge in [0.1, 0.15) is 18.8 Å². The Bertz CT molecular complexity index is 874. The number of rotatable bonds is 7. The number of β-lactam (4-membered cyclic amide) rings is 1. The molecule has 0 saturated carbocycles. The predicted molar refractivity (Wildman–Crippen MR) is 109 cm³/mol. The summed E-state index contributed by atoms with van der Waals surface area (Å²) in [6, 6.07) is 17.6. The molecule has 2 amide bonds. The third kappa shape index (κ3) is 5.50. The van der Waals surface area contributed by atoms with Gasteiger partial charge in [0.15, 0.2) is 0 Å². The van der Waals surface area contributed by atoms with Gasteiger partial charge in [-0.3, -0.25) is 10.1 Å². The zero-order valence-corrected chi connectivity index (χ0v) is 16.7. The van der Waals surface area contributed by atoms with Gasteiger partial charge in [0, 0.05) is 5.69 Å². The van der Waals surface area contributed by atoms with Gasteiger partial charge in [-0.05, 0) is 31.5 Å². The summed E-state index contributed by atoms with van der Waals surface area (Å²) < 4.78 is 15.7. The third-order valence-corrected chi connectivity index (χ3v) is 4.80. The number of para-hydroxylation sites is 1. The molecule has 30 heavy (non-hydrogen) atoms. The van der Waals surface area contributed by atoms with E-state index in [1.807, 2.05) is 36.4 Å². The standard InChI is InChI=1S/C22H24N2O6/c1-14(30-22(27)28-13-16-9-5-3-6-10-16)18-19(24-20(18)25)15(2)29-21(26)23-17-11-7-4-8-12-17/h3-12,14-15,18-19H,13H2,1-2H3,(H,23,26)(H,24,25)/t14-,15+,18-,19-/m1/s1. The van der Waals surface area contributed by atoms with Crippen molar-refractivity contribution in [3.8, 4) is 0 Å². The number of ether oxygens (including phenoxy) is 3. The van der Waals surface area contributed by atoms with Gasteiger partial charge in [0.2, 0.25) is 5.91 Å². The molecular weight excluding hydrogens is 388 g/mol. The maximum absolute atomic E-state index is 12.1. The second-order valence-corrected chi connectivity index (χ2v) is 7.01. The van der Waals surface area contributed by atoms with Crippen molar-refractivity contribution >= 4 is 23.8 Å². The number of amides is 2. The van der Waals surface area contributed by atoms with Crippen LogP contribution in [0.1, 0.15) is 19.4 Å². The van der Waals surface area contributed by atoms with Gasteiger partial charge in [-0.2, -0.15) is 0 Å². The van der Waals surface area contributed by atoms with E-state index in [-0.39, 0.29) is 12.5 Å². The molecule has 3 rings (SSSR count). The Kier molecular flexibility index (Phi) is 6.90. The molecule has 1 aliphatic rings. The minimum absolute atomic E-state index is 0.0753. The molecule has 2 aromatic carbocycles. The molecule has 2 aromatic rings. The second-order valence-electron chi connectivity index (χ2n) is 7.01. The second kappa shape index (κ2) is 9.78. The van der Waals surface area contributed by atoms with Gasteiger partial charge < -0.3 is 19.5 Å². The van der Waals surface area contributed by atoms with Gasteiger partial charge in [0.25, 0.3) is 0 Å². The van der Waals surface area contributed by atoms with Crippen LogP contribution in [-0.2, 0) is 25.6 Å². The Balaban J connectivity index is 1.47. The fraction of sp³-hybridized carbons (Fsp3) is 0.318. The van der Waals surface area contributed by atoms with Crippen molar-refractivity contribution in [1.29, 1.82) is 0 Å². The minimum Gasteiger partial charge on any atom is -0.444 e. The SMILES string of the molecule is C[C@H](OC(=O)Nc1ccccc1)[C@H]1NC(=O)[C@@H]1[C@@H](C)OC(=O)OCc1ccccc1. The number of carbonyl (C=O) groups excluding carboxylic acids is 3. The summed E-state index contributed by atoms with van der Waals surface area (Å²) >= 11 is 0. The van der Waals surface area contributed by atoms with Gasteiger partial charge in [-0.15, -0.1) is 0 Å². The van der Waals surface area contributed by atoms with Gasteiger partial charge >= 0.3 is 12.2 Å². The van der Waals surface area contributed by atoms with Crippen molar-refractivity contribution in [2.75, 3.05) is 5.32 Å². The molecular formula is C22H24N2O6. The van der Waals surface area contributed by atoms with Crippen molar-refractivity contribution in [3.05, 3.63) is 66.2 Å². The highest BCUT2D eigenvalue weighted by Crippen LogP contribution is 2.26. The van der Waals surface area contributed by atoms with Crippen LogP contribution in [0.25, 0.3) is 0 Å². The quantitative estimate of drug-likeness (QED) is 0.533. The number of hydrogen-bond acceptors (Lipinski definition) is 6. The van der Waals surface area contributed by atoms with Crippen LogP contribution in [0.5, 0.6) is 0 Å². The monoisotopic (exact) mass is 412 g/mol. The lowest BCUT2D eigenvalue weighted by Gasteiger charge is -2.42. The van der Waals surface area contributed by atoms with Crippen LogP contribution >= 0.6 is 0 Å². The van der Waals surface area contributed by atoms with E-state index < -0.39 is 36.4 Å². The average molecular weight is 412 g/mol. The van der Waals surface area contributed by atoms with E-state index in [2.05, 4.69) is 10.6 Å². The van der Waals surface area contributed by atoms with E-state index in [4.69, 9.17) is 14.2 Å². The molecule has 0 unspecified atom stereocenters. The predicted octanol–water partition coefficient (Wildman–Crippen LogP) is 3.48. The van der Waals surface area contributed by atoms with E-state index >= 15 is 0 Å². The normalized spacial score (nSPS) is 19.5. The average Bonchev–Trinajstić information content (AvgIpc) is 2.71. The molecule has 8 nitrogen and oxygen atoms in total. The van der Waals surface area contributed by atoms with E-state index in [0.717, 1.165) is 5.56 Å². The fourth-order valence-electron chi connectivity index (χ4n) is 3.22. The van der Waals surface area contributed by atoms with Crippen molar-refractivity contribution in [2.45, 2.75) is 38.7 Å². The lowest BCUT2D eigenvalue weighted by molar-refractivity contribution is -0.146. The van der Waals surface area contributed by atoms with Gasteiger partial charge in [-0.25, -0.2) is 9.59 Å². The Hall–Kier alpha value is -3.55. The smallest absolute Gasteiger partial charge is 0.444 e. The summed E-state index contributed by atoms with van der Waals surface area (Å²) in [6.45, 7) is 3.35. The number of nitrogens with one attached hydrogen (secondary N) is 2. The van der Waals surface area contributed by atoms with Gasteiger partial charge in [0.05, 0.1) is 12.0 Å². The summed E-state index contributed by atoms with van der Waals surface area (Å²) in [5, 5.41) is 5.31. The van der Waals surface area contributed by atoms with E-state index in [9.17, 15) is 14.4 Å². The number of carbonyl (C=O) groups is 3. The zero-order valence-electron chi connectivity index (χ0n) is 16.7. The lowest BCUT2D eigenvalue weighted by atomic mass is 9.83. The number of hydrogen-bond donors (Lipinski definition) is 2. The maximum Gasteiger partial charge on any atom is 0.508 e. The van der Waals surface area contributed by atoms with E-state index in [0.29, 0.717) is 5.69 Å². The van der Waals surface area contributed by atoms with Crippen molar-refractivity contribution < 1.29 is 28.6 Å². The molecule has 4 atom stereocenters. The first-order chi connectivity index (χ1) is 14.4. The topological polar surface area (TPSA) is 103 Å². The molecule has 2 N–H and O–H groups in total. The van der Waals surface area contributed by atoms with Gasteiger partial charge in [-0.1, -0.05) is 48.5 Å². The summed E-state index contributed by atoms with van der Waals surface area (Å²) in [7, 11) is 0. The Labute approximate surface area is 174 Å². The molecule has 0 spiro atoms. The minimum atomic E-state index is -0.861. The molecule has 1 fully saturated rings. The fourth-order valence-corrected chi connectivity index (χ4v) is 3.22. The van der Waals surface area contributed by atoms with Crippen LogP contribution in [-0.4, -0.2) is 36.4 Å². The van der Waals surface area contributed by atoms with Crippen LogP contribution in [0.2, 0.25) is 0 Å². The molecule has 158 valence electrons. The Morgan fingerprint density at radius 3 is 2.23 bits per heavy atom. The summed E-state index contributed by atoms with van der Waals surface area (Å²) in [5.41, 5.74) is 1.43. The first-order valence-corrected chi connectivity index (χ1v) is 9.64. The molecule has 0 aromatic heterocycles. The molecule has 1 aliphatic heterocycles. The van der Waals surface area contributed by atoms with Crippen molar-refractivity contribution in [1.82, 2.24) is 5.32 Å². The molecule has 1 heterocycles. The maximum atomic E-state index is 12.1. The first kappa shape index (κ1) is 21.2. The first-order valence-electron chi connectivity index (χ1n) is 9.64. The molecule has 1 saturated heterocycles. The lowest BCUT2D eigenvalue weighted by Crippen LogP contribution is -2.67. The highest BCUT2D eigenvalue weighted by atomic mass is 16.7. The van der Waals surface area contributed by atoms with Crippen LogP contribution in [0, 0.1) is 5.92 Å². The zero-order chi connectivity index (χ0) is 21.5. The summed E-state index contributed by atoms with van der Waals surface area (Å²) in [6.07, 6.45) is -2.86. The highest BCUT2D eigenvalue weighted by molar-refractivity contribution is 5.88. The summed E-state index contributed by atoms with van der Waals surface area (Å²) in [4.78, 5) is 36.1. The molecule has 8 heteroatoms. The van der Waals surface area contributed by atoms with E-state index in [1.165, 1.54) is 0 Å². The molecule has 0 radical (unpaired) electrons. The number of benzene rings is 2. The Morgan fingerprint density at radius 2 is 1.60 bits per heavy atom. The van der Waals surface area contributed by atoms with Crippen LogP contribution in [0.4, 0.5) is 15.3 Å². The number of anilines is 1. The van der Waals surface area contributed by atoms with Crippen LogP contribution in [0.15, 0.2) is 60.7 Å². The molecule has 0 aliphatic carbocycles. The van der Waals surface area contributed by atoms with Crippen molar-refractivity contribution in [3.63, 3.8) is 0 Å². The van der Waals surface area contributed by atoms with E-state index in [1.54, 1.807) is 38.1 Å².